The van der Waals surface area contributed by atoms with E-state index in [-0.39, 0.29) is 0 Å². The number of allylic oxidation sites excluding steroid dienone is 8. The smallest absolute Gasteiger partial charge is 0.189 e. The van der Waals surface area contributed by atoms with E-state index in [2.05, 4.69) is 81.5 Å². The molecule has 0 spiro atoms. The van der Waals surface area contributed by atoms with Crippen molar-refractivity contribution in [2.75, 3.05) is 20.6 Å². The van der Waals surface area contributed by atoms with Crippen LogP contribution in [-0.4, -0.2) is 35.9 Å². The Hall–Kier alpha value is -1.06. The molecule has 0 bridgehead atoms. The number of carbonyl (C=O) groups excluding carboxylic acids is 1. The molecule has 0 rings (SSSR count). The van der Waals surface area contributed by atoms with E-state index in [1.165, 1.54) is 154 Å². The van der Waals surface area contributed by atoms with E-state index in [9.17, 15) is 4.79 Å². The molecule has 0 aromatic rings. The molecule has 0 aliphatic carbocycles. The maximum atomic E-state index is 12.7. The average molecular weight is 658 g/mol. The summed E-state index contributed by atoms with van der Waals surface area (Å²) in [7, 11) is 4.19. The van der Waals surface area contributed by atoms with Gasteiger partial charge < -0.3 is 4.90 Å². The lowest BCUT2D eigenvalue weighted by Crippen LogP contribution is -2.14. The fourth-order valence-electron chi connectivity index (χ4n) is 5.77. The molecule has 0 fully saturated rings. The van der Waals surface area contributed by atoms with E-state index in [1.807, 2.05) is 0 Å². The van der Waals surface area contributed by atoms with Crippen molar-refractivity contribution in [1.29, 1.82) is 0 Å². The Morgan fingerprint density at radius 2 is 0.870 bits per heavy atom. The van der Waals surface area contributed by atoms with Gasteiger partial charge in [0.1, 0.15) is 0 Å². The highest BCUT2D eigenvalue weighted by Gasteiger charge is 2.14. The lowest BCUT2D eigenvalue weighted by molar-refractivity contribution is -0.111. The molecule has 0 aliphatic heterocycles. The van der Waals surface area contributed by atoms with Crippen LogP contribution in [-0.2, 0) is 4.79 Å². The van der Waals surface area contributed by atoms with E-state index in [0.29, 0.717) is 10.4 Å². The summed E-state index contributed by atoms with van der Waals surface area (Å²) < 4.78 is 0. The van der Waals surface area contributed by atoms with Crippen LogP contribution in [0.2, 0.25) is 0 Å². The van der Waals surface area contributed by atoms with Crippen molar-refractivity contribution in [1.82, 2.24) is 4.90 Å². The molecule has 0 aromatic heterocycles. The van der Waals surface area contributed by atoms with Crippen LogP contribution < -0.4 is 0 Å². The third kappa shape index (κ3) is 37.4. The molecule has 0 aliphatic rings. The molecule has 0 saturated carbocycles. The standard InChI is InChI=1S/C43H79NOS/c1-5-7-9-11-13-15-17-19-21-23-25-27-29-31-33-35-38-42(46-43(45)40-37-41-44(3)4)39-36-34-32-30-28-26-24-22-20-18-16-14-12-10-8-6-2/h13-16,19-22,42H,5-12,17-18,23-41H2,1-4H3. The van der Waals surface area contributed by atoms with Crippen LogP contribution in [0.3, 0.4) is 0 Å². The first-order chi connectivity index (χ1) is 22.6. The number of nitrogens with zero attached hydrogens (tertiary/aromatic N) is 1. The van der Waals surface area contributed by atoms with E-state index in [1.54, 1.807) is 11.8 Å². The van der Waals surface area contributed by atoms with Crippen molar-refractivity contribution in [3.05, 3.63) is 48.6 Å². The van der Waals surface area contributed by atoms with Crippen LogP contribution in [0.15, 0.2) is 48.6 Å². The van der Waals surface area contributed by atoms with Gasteiger partial charge in [0.25, 0.3) is 0 Å². The molecule has 2 nitrogen and oxygen atoms in total. The van der Waals surface area contributed by atoms with Crippen LogP contribution in [0.1, 0.15) is 194 Å². The average Bonchev–Trinajstić information content (AvgIpc) is 3.04. The first-order valence-electron chi connectivity index (χ1n) is 20.0. The van der Waals surface area contributed by atoms with Gasteiger partial charge in [-0.2, -0.15) is 0 Å². The maximum Gasteiger partial charge on any atom is 0.189 e. The molecule has 0 N–H and O–H groups in total. The number of carbonyl (C=O) groups is 1. The van der Waals surface area contributed by atoms with E-state index < -0.39 is 0 Å². The van der Waals surface area contributed by atoms with E-state index in [4.69, 9.17) is 0 Å². The number of thioether (sulfide) groups is 1. The zero-order valence-corrected chi connectivity index (χ0v) is 32.3. The molecule has 46 heavy (non-hydrogen) atoms. The van der Waals surface area contributed by atoms with Crippen molar-refractivity contribution >= 4 is 16.9 Å². The summed E-state index contributed by atoms with van der Waals surface area (Å²) in [6.45, 7) is 5.54. The maximum absolute atomic E-state index is 12.7. The van der Waals surface area contributed by atoms with Crippen LogP contribution in [0.25, 0.3) is 0 Å². The van der Waals surface area contributed by atoms with Gasteiger partial charge in [0, 0.05) is 11.7 Å². The number of rotatable bonds is 35. The summed E-state index contributed by atoms with van der Waals surface area (Å²) in [6, 6.07) is 0. The van der Waals surface area contributed by atoms with Gasteiger partial charge in [-0.25, -0.2) is 0 Å². The van der Waals surface area contributed by atoms with Gasteiger partial charge in [0.05, 0.1) is 0 Å². The number of hydrogen-bond acceptors (Lipinski definition) is 3. The summed E-state index contributed by atoms with van der Waals surface area (Å²) >= 11 is 1.69. The Balaban J connectivity index is 4.01. The molecule has 0 heterocycles. The first-order valence-corrected chi connectivity index (χ1v) is 20.9. The van der Waals surface area contributed by atoms with Crippen molar-refractivity contribution in [3.8, 4) is 0 Å². The van der Waals surface area contributed by atoms with Gasteiger partial charge in [0.2, 0.25) is 0 Å². The van der Waals surface area contributed by atoms with Gasteiger partial charge in [-0.1, -0.05) is 164 Å². The molecule has 268 valence electrons. The molecule has 3 heteroatoms. The SMILES string of the molecule is CCCCCC=CCC=CCCCCCCCCC(CCCCCCCCC=CCC=CCCCCC)SC(=O)CCCN(C)C. The number of hydrogen-bond donors (Lipinski definition) is 0. The summed E-state index contributed by atoms with van der Waals surface area (Å²) in [6.07, 6.45) is 54.1. The van der Waals surface area contributed by atoms with Gasteiger partial charge in [-0.3, -0.25) is 4.79 Å². The summed E-state index contributed by atoms with van der Waals surface area (Å²) in [5.74, 6) is 0. The lowest BCUT2D eigenvalue weighted by atomic mass is 10.0. The molecule has 0 aromatic carbocycles. The quantitative estimate of drug-likeness (QED) is 0.0500. The fraction of sp³-hybridized carbons (Fsp3) is 0.791. The second kappa shape index (κ2) is 38.4. The molecule has 0 radical (unpaired) electrons. The zero-order chi connectivity index (χ0) is 33.6. The van der Waals surface area contributed by atoms with Crippen LogP contribution in [0.4, 0.5) is 0 Å². The Bertz CT molecular complexity index is 689. The van der Waals surface area contributed by atoms with Crippen LogP contribution in [0, 0.1) is 0 Å². The largest absolute Gasteiger partial charge is 0.309 e. The predicted octanol–water partition coefficient (Wildman–Crippen LogP) is 14.4. The zero-order valence-electron chi connectivity index (χ0n) is 31.5. The van der Waals surface area contributed by atoms with Gasteiger partial charge in [-0.05, 0) is 104 Å². The van der Waals surface area contributed by atoms with Crippen LogP contribution in [0.5, 0.6) is 0 Å². The molecule has 0 atom stereocenters. The summed E-state index contributed by atoms with van der Waals surface area (Å²) in [4.78, 5) is 14.9. The first kappa shape index (κ1) is 44.9. The Labute approximate surface area is 293 Å². The highest BCUT2D eigenvalue weighted by atomic mass is 32.2. The highest BCUT2D eigenvalue weighted by molar-refractivity contribution is 8.14. The Morgan fingerprint density at radius 1 is 0.500 bits per heavy atom. The minimum Gasteiger partial charge on any atom is -0.309 e. The topological polar surface area (TPSA) is 20.3 Å². The van der Waals surface area contributed by atoms with Crippen molar-refractivity contribution in [3.63, 3.8) is 0 Å². The molecular weight excluding hydrogens is 579 g/mol. The molecule has 0 amide bonds. The molecule has 0 unspecified atom stereocenters. The number of unbranched alkanes of at least 4 members (excludes halogenated alkanes) is 18. The van der Waals surface area contributed by atoms with Gasteiger partial charge >= 0.3 is 0 Å². The Kier molecular flexibility index (Phi) is 37.5. The fourth-order valence-corrected chi connectivity index (χ4v) is 6.97. The summed E-state index contributed by atoms with van der Waals surface area (Å²) in [5.41, 5.74) is 0. The second-order valence-electron chi connectivity index (χ2n) is 13.8. The summed E-state index contributed by atoms with van der Waals surface area (Å²) in [5, 5.41) is 0.954. The van der Waals surface area contributed by atoms with Gasteiger partial charge in [-0.15, -0.1) is 0 Å². The highest BCUT2D eigenvalue weighted by Crippen LogP contribution is 2.26. The predicted molar refractivity (Wildman–Crippen MR) is 212 cm³/mol. The lowest BCUT2D eigenvalue weighted by Gasteiger charge is -2.16. The van der Waals surface area contributed by atoms with E-state index in [0.717, 1.165) is 32.2 Å². The Morgan fingerprint density at radius 3 is 1.26 bits per heavy atom. The van der Waals surface area contributed by atoms with E-state index >= 15 is 0 Å². The van der Waals surface area contributed by atoms with Crippen molar-refractivity contribution in [2.45, 2.75) is 199 Å². The third-order valence-corrected chi connectivity index (χ3v) is 10.0. The second-order valence-corrected chi connectivity index (χ2v) is 15.1. The monoisotopic (exact) mass is 658 g/mol. The minimum absolute atomic E-state index is 0.423. The molecular formula is C43H79NOS. The third-order valence-electron chi connectivity index (χ3n) is 8.74. The van der Waals surface area contributed by atoms with Crippen molar-refractivity contribution < 1.29 is 4.79 Å². The van der Waals surface area contributed by atoms with Gasteiger partial charge in [0.15, 0.2) is 5.12 Å². The molecule has 0 saturated heterocycles. The minimum atomic E-state index is 0.423. The van der Waals surface area contributed by atoms with Crippen molar-refractivity contribution in [2.24, 2.45) is 0 Å². The normalized spacial score (nSPS) is 13.1. The van der Waals surface area contributed by atoms with Crippen LogP contribution >= 0.6 is 11.8 Å².